The molecule has 0 saturated carbocycles. The second-order valence-electron chi connectivity index (χ2n) is 4.12. The van der Waals surface area contributed by atoms with Gasteiger partial charge in [-0.15, -0.1) is 0 Å². The Balaban J connectivity index is 2.88. The van der Waals surface area contributed by atoms with Gasteiger partial charge in [0.05, 0.1) is 6.04 Å². The first-order chi connectivity index (χ1) is 7.06. The predicted molar refractivity (Wildman–Crippen MR) is 63.3 cm³/mol. The third-order valence-electron chi connectivity index (χ3n) is 2.65. The molecule has 15 heavy (non-hydrogen) atoms. The fraction of sp³-hybridized carbons (Fsp3) is 0.462. The molecule has 0 saturated heterocycles. The molecule has 2 heteroatoms. The van der Waals surface area contributed by atoms with E-state index in [2.05, 4.69) is 0 Å². The van der Waals surface area contributed by atoms with Crippen LogP contribution in [-0.2, 0) is 0 Å². The summed E-state index contributed by atoms with van der Waals surface area (Å²) in [5.74, 6) is 0.211. The Kier molecular flexibility index (Phi) is 4.04. The molecule has 0 N–H and O–H groups in total. The van der Waals surface area contributed by atoms with Crippen LogP contribution in [0.2, 0.25) is 0 Å². The van der Waals surface area contributed by atoms with Gasteiger partial charge < -0.3 is 0 Å². The highest BCUT2D eigenvalue weighted by Gasteiger charge is 2.19. The highest BCUT2D eigenvalue weighted by molar-refractivity contribution is 6.00. The molecule has 1 aromatic carbocycles. The molecule has 82 valence electrons. The van der Waals surface area contributed by atoms with E-state index in [1.54, 1.807) is 0 Å². The average Bonchev–Trinajstić information content (AvgIpc) is 2.19. The maximum Gasteiger partial charge on any atom is 0.179 e. The lowest BCUT2D eigenvalue weighted by molar-refractivity contribution is 0.0871. The minimum Gasteiger partial charge on any atom is -0.299 e. The lowest BCUT2D eigenvalue weighted by Gasteiger charge is -2.21. The molecule has 0 amide bonds. The SMILES string of the molecule is CCC(C(=O)c1ccc(C)cc1)N(C)C. The Hall–Kier alpha value is -1.15. The highest BCUT2D eigenvalue weighted by atomic mass is 16.1. The summed E-state index contributed by atoms with van der Waals surface area (Å²) in [7, 11) is 3.89. The zero-order valence-corrected chi connectivity index (χ0v) is 9.95. The van der Waals surface area contributed by atoms with Crippen LogP contribution < -0.4 is 0 Å². The van der Waals surface area contributed by atoms with Crippen LogP contribution in [0.25, 0.3) is 0 Å². The lowest BCUT2D eigenvalue weighted by atomic mass is 10.0. The fourth-order valence-corrected chi connectivity index (χ4v) is 1.70. The molecule has 0 bridgehead atoms. The summed E-state index contributed by atoms with van der Waals surface area (Å²) in [5.41, 5.74) is 1.99. The van der Waals surface area contributed by atoms with Gasteiger partial charge in [0.15, 0.2) is 5.78 Å². The number of carbonyl (C=O) groups excluding carboxylic acids is 1. The third-order valence-corrected chi connectivity index (χ3v) is 2.65. The van der Waals surface area contributed by atoms with Crippen LogP contribution in [0.5, 0.6) is 0 Å². The van der Waals surface area contributed by atoms with Gasteiger partial charge in [0, 0.05) is 5.56 Å². The topological polar surface area (TPSA) is 20.3 Å². The van der Waals surface area contributed by atoms with E-state index in [4.69, 9.17) is 0 Å². The molecule has 0 aromatic heterocycles. The number of aryl methyl sites for hydroxylation is 1. The van der Waals surface area contributed by atoms with Crippen LogP contribution in [0.4, 0.5) is 0 Å². The van der Waals surface area contributed by atoms with Crippen molar-refractivity contribution in [1.29, 1.82) is 0 Å². The first kappa shape index (κ1) is 11.9. The summed E-state index contributed by atoms with van der Waals surface area (Å²) < 4.78 is 0. The zero-order valence-electron chi connectivity index (χ0n) is 9.95. The number of hydrogen-bond donors (Lipinski definition) is 0. The standard InChI is InChI=1S/C13H19NO/c1-5-12(14(3)4)13(15)11-8-6-10(2)7-9-11/h6-9,12H,5H2,1-4H3. The number of hydrogen-bond acceptors (Lipinski definition) is 2. The molecule has 0 fully saturated rings. The largest absolute Gasteiger partial charge is 0.299 e. The second kappa shape index (κ2) is 5.08. The summed E-state index contributed by atoms with van der Waals surface area (Å²) in [6, 6.07) is 7.77. The molecule has 0 radical (unpaired) electrons. The van der Waals surface area contributed by atoms with Crippen molar-refractivity contribution in [1.82, 2.24) is 4.90 Å². The Morgan fingerprint density at radius 2 is 1.80 bits per heavy atom. The Labute approximate surface area is 91.9 Å². The summed E-state index contributed by atoms with van der Waals surface area (Å²) in [6.07, 6.45) is 0.847. The Morgan fingerprint density at radius 1 is 1.27 bits per heavy atom. The van der Waals surface area contributed by atoms with Crippen LogP contribution in [0.3, 0.4) is 0 Å². The van der Waals surface area contributed by atoms with Gasteiger partial charge in [-0.2, -0.15) is 0 Å². The molecule has 0 aliphatic carbocycles. The lowest BCUT2D eigenvalue weighted by Crippen LogP contribution is -2.35. The smallest absolute Gasteiger partial charge is 0.179 e. The molecule has 2 nitrogen and oxygen atoms in total. The van der Waals surface area contributed by atoms with E-state index >= 15 is 0 Å². The molecular formula is C13H19NO. The van der Waals surface area contributed by atoms with Gasteiger partial charge in [-0.3, -0.25) is 9.69 Å². The van der Waals surface area contributed by atoms with Gasteiger partial charge in [-0.1, -0.05) is 36.8 Å². The van der Waals surface area contributed by atoms with E-state index in [0.29, 0.717) is 0 Å². The summed E-state index contributed by atoms with van der Waals surface area (Å²) in [4.78, 5) is 14.1. The van der Waals surface area contributed by atoms with Gasteiger partial charge in [0.25, 0.3) is 0 Å². The summed E-state index contributed by atoms with van der Waals surface area (Å²) in [6.45, 7) is 4.06. The molecule has 1 aromatic rings. The number of nitrogens with zero attached hydrogens (tertiary/aromatic N) is 1. The van der Waals surface area contributed by atoms with Crippen molar-refractivity contribution < 1.29 is 4.79 Å². The van der Waals surface area contributed by atoms with Crippen LogP contribution in [0, 0.1) is 6.92 Å². The number of carbonyl (C=O) groups is 1. The molecule has 0 aliphatic heterocycles. The first-order valence-electron chi connectivity index (χ1n) is 5.33. The van der Waals surface area contributed by atoms with Crippen molar-refractivity contribution in [3.63, 3.8) is 0 Å². The Bertz CT molecular complexity index is 327. The second-order valence-corrected chi connectivity index (χ2v) is 4.12. The van der Waals surface area contributed by atoms with Crippen LogP contribution in [0.1, 0.15) is 29.3 Å². The average molecular weight is 205 g/mol. The zero-order chi connectivity index (χ0) is 11.4. The molecule has 1 rings (SSSR count). The predicted octanol–water partition coefficient (Wildman–Crippen LogP) is 2.52. The molecule has 0 aliphatic rings. The molecule has 0 spiro atoms. The van der Waals surface area contributed by atoms with Crippen molar-refractivity contribution in [2.45, 2.75) is 26.3 Å². The van der Waals surface area contributed by atoms with Gasteiger partial charge in [-0.05, 0) is 27.4 Å². The number of Topliss-reactive ketones (excluding diaryl/α,β-unsaturated/α-hetero) is 1. The van der Waals surface area contributed by atoms with E-state index in [1.807, 2.05) is 57.1 Å². The van der Waals surface area contributed by atoms with Gasteiger partial charge in [0.1, 0.15) is 0 Å². The van der Waals surface area contributed by atoms with E-state index < -0.39 is 0 Å². The van der Waals surface area contributed by atoms with Crippen molar-refractivity contribution in [3.05, 3.63) is 35.4 Å². The van der Waals surface area contributed by atoms with Crippen molar-refractivity contribution in [3.8, 4) is 0 Å². The maximum absolute atomic E-state index is 12.1. The van der Waals surface area contributed by atoms with Gasteiger partial charge in [-0.25, -0.2) is 0 Å². The summed E-state index contributed by atoms with van der Waals surface area (Å²) in [5, 5.41) is 0. The van der Waals surface area contributed by atoms with E-state index in [9.17, 15) is 4.79 Å². The van der Waals surface area contributed by atoms with Crippen molar-refractivity contribution in [2.75, 3.05) is 14.1 Å². The van der Waals surface area contributed by atoms with E-state index in [1.165, 1.54) is 5.56 Å². The molecular weight excluding hydrogens is 186 g/mol. The van der Waals surface area contributed by atoms with Crippen molar-refractivity contribution >= 4 is 5.78 Å². The van der Waals surface area contributed by atoms with Crippen LogP contribution in [0.15, 0.2) is 24.3 Å². The van der Waals surface area contributed by atoms with Crippen LogP contribution in [-0.4, -0.2) is 30.8 Å². The third kappa shape index (κ3) is 2.90. The molecule has 0 heterocycles. The maximum atomic E-state index is 12.1. The van der Waals surface area contributed by atoms with Crippen molar-refractivity contribution in [2.24, 2.45) is 0 Å². The van der Waals surface area contributed by atoms with Crippen LogP contribution >= 0.6 is 0 Å². The minimum atomic E-state index is -0.00675. The highest BCUT2D eigenvalue weighted by Crippen LogP contribution is 2.11. The molecule has 1 atom stereocenters. The quantitative estimate of drug-likeness (QED) is 0.704. The van der Waals surface area contributed by atoms with Gasteiger partial charge in [0.2, 0.25) is 0 Å². The molecule has 1 unspecified atom stereocenters. The van der Waals surface area contributed by atoms with Gasteiger partial charge >= 0.3 is 0 Å². The number of likely N-dealkylation sites (N-methyl/N-ethyl adjacent to an activating group) is 1. The number of benzene rings is 1. The minimum absolute atomic E-state index is 0.00675. The number of ketones is 1. The fourth-order valence-electron chi connectivity index (χ4n) is 1.70. The monoisotopic (exact) mass is 205 g/mol. The Morgan fingerprint density at radius 3 is 2.20 bits per heavy atom. The van der Waals surface area contributed by atoms with E-state index in [0.717, 1.165) is 12.0 Å². The summed E-state index contributed by atoms with van der Waals surface area (Å²) >= 11 is 0. The van der Waals surface area contributed by atoms with E-state index in [-0.39, 0.29) is 11.8 Å². The normalized spacial score (nSPS) is 12.9. The number of rotatable bonds is 4. The first-order valence-corrected chi connectivity index (χ1v) is 5.33.